The molecule has 0 radical (unpaired) electrons. The molecule has 0 amide bonds. The van der Waals surface area contributed by atoms with Gasteiger partial charge in [-0.25, -0.2) is 0 Å². The number of ether oxygens (including phenoxy) is 2. The van der Waals surface area contributed by atoms with Gasteiger partial charge >= 0.3 is 0 Å². The van der Waals surface area contributed by atoms with Crippen molar-refractivity contribution < 1.29 is 9.47 Å². The third kappa shape index (κ3) is 7.48. The number of hydrogen-bond acceptors (Lipinski definition) is 4. The maximum Gasteiger partial charge on any atom is 0.119 e. The van der Waals surface area contributed by atoms with Crippen LogP contribution in [0.2, 0.25) is 0 Å². The van der Waals surface area contributed by atoms with E-state index in [1.54, 1.807) is 7.11 Å². The summed E-state index contributed by atoms with van der Waals surface area (Å²) in [6.45, 7) is 7.83. The van der Waals surface area contributed by atoms with Gasteiger partial charge in [0.15, 0.2) is 0 Å². The molecule has 4 nitrogen and oxygen atoms in total. The number of anilines is 1. The fourth-order valence-electron chi connectivity index (χ4n) is 2.35. The highest BCUT2D eigenvalue weighted by Gasteiger charge is 1.98. The first-order valence-corrected chi connectivity index (χ1v) is 8.98. The molecule has 2 N–H and O–H groups in total. The zero-order chi connectivity index (χ0) is 17.9. The lowest BCUT2D eigenvalue weighted by Gasteiger charge is -2.10. The average Bonchev–Trinajstić information content (AvgIpc) is 2.63. The Balaban J connectivity index is 1.61. The predicted octanol–water partition coefficient (Wildman–Crippen LogP) is 4.32. The van der Waals surface area contributed by atoms with Gasteiger partial charge in [-0.2, -0.15) is 0 Å². The van der Waals surface area contributed by atoms with E-state index < -0.39 is 0 Å². The van der Waals surface area contributed by atoms with Crippen LogP contribution < -0.4 is 20.1 Å². The molecule has 0 aliphatic heterocycles. The monoisotopic (exact) mass is 342 g/mol. The van der Waals surface area contributed by atoms with Crippen molar-refractivity contribution in [3.8, 4) is 11.5 Å². The normalized spacial score (nSPS) is 10.7. The minimum Gasteiger partial charge on any atom is -0.497 e. The van der Waals surface area contributed by atoms with Gasteiger partial charge in [0.2, 0.25) is 0 Å². The first kappa shape index (κ1) is 19.1. The number of nitrogens with one attached hydrogen (secondary N) is 2. The molecule has 0 atom stereocenters. The lowest BCUT2D eigenvalue weighted by Crippen LogP contribution is -2.21. The minimum absolute atomic E-state index is 0.673. The Kier molecular flexibility index (Phi) is 8.13. The summed E-state index contributed by atoms with van der Waals surface area (Å²) in [6, 6.07) is 16.3. The molecular weight excluding hydrogens is 312 g/mol. The van der Waals surface area contributed by atoms with Crippen LogP contribution in [0, 0.1) is 5.92 Å². The largest absolute Gasteiger partial charge is 0.497 e. The van der Waals surface area contributed by atoms with Crippen molar-refractivity contribution in [3.05, 3.63) is 54.1 Å². The maximum atomic E-state index is 5.73. The number of methoxy groups -OCH3 is 1. The Morgan fingerprint density at radius 2 is 1.56 bits per heavy atom. The molecule has 0 bridgehead atoms. The van der Waals surface area contributed by atoms with Gasteiger partial charge in [0, 0.05) is 25.3 Å². The standard InChI is InChI=1S/C21H30N2O2/c1-17(2)12-15-25-21-10-6-19(7-11-21)23-14-13-22-16-18-4-8-20(24-3)9-5-18/h4-11,17,22-23H,12-16H2,1-3H3. The molecule has 0 unspecified atom stereocenters. The van der Waals surface area contributed by atoms with Crippen LogP contribution in [-0.4, -0.2) is 26.8 Å². The van der Waals surface area contributed by atoms with Crippen molar-refractivity contribution >= 4 is 5.69 Å². The Hall–Kier alpha value is -2.20. The Labute approximate surface area is 151 Å². The van der Waals surface area contributed by atoms with Gasteiger partial charge in [0.05, 0.1) is 13.7 Å². The molecule has 136 valence electrons. The molecule has 0 spiro atoms. The first-order chi connectivity index (χ1) is 12.2. The fourth-order valence-corrected chi connectivity index (χ4v) is 2.35. The van der Waals surface area contributed by atoms with Gasteiger partial charge in [0.1, 0.15) is 11.5 Å². The van der Waals surface area contributed by atoms with E-state index in [4.69, 9.17) is 9.47 Å². The summed E-state index contributed by atoms with van der Waals surface area (Å²) in [7, 11) is 1.68. The van der Waals surface area contributed by atoms with Gasteiger partial charge in [-0.3, -0.25) is 0 Å². The average molecular weight is 342 g/mol. The lowest BCUT2D eigenvalue weighted by molar-refractivity contribution is 0.289. The van der Waals surface area contributed by atoms with Crippen LogP contribution in [-0.2, 0) is 6.54 Å². The third-order valence-corrected chi connectivity index (χ3v) is 3.94. The highest BCUT2D eigenvalue weighted by Crippen LogP contribution is 2.16. The van der Waals surface area contributed by atoms with Gasteiger partial charge in [-0.15, -0.1) is 0 Å². The molecule has 25 heavy (non-hydrogen) atoms. The molecule has 4 heteroatoms. The van der Waals surface area contributed by atoms with E-state index in [2.05, 4.69) is 48.7 Å². The molecule has 0 saturated carbocycles. The van der Waals surface area contributed by atoms with Gasteiger partial charge < -0.3 is 20.1 Å². The van der Waals surface area contributed by atoms with Crippen molar-refractivity contribution in [2.45, 2.75) is 26.8 Å². The quantitative estimate of drug-likeness (QED) is 0.597. The minimum atomic E-state index is 0.673. The second-order valence-electron chi connectivity index (χ2n) is 6.51. The smallest absolute Gasteiger partial charge is 0.119 e. The number of benzene rings is 2. The van der Waals surface area contributed by atoms with Crippen molar-refractivity contribution in [1.29, 1.82) is 0 Å². The maximum absolute atomic E-state index is 5.73. The van der Waals surface area contributed by atoms with Crippen LogP contribution in [0.4, 0.5) is 5.69 Å². The van der Waals surface area contributed by atoms with Crippen LogP contribution in [0.15, 0.2) is 48.5 Å². The molecule has 0 aromatic heterocycles. The topological polar surface area (TPSA) is 42.5 Å². The second-order valence-corrected chi connectivity index (χ2v) is 6.51. The fraction of sp³-hybridized carbons (Fsp3) is 0.429. The number of rotatable bonds is 11. The first-order valence-electron chi connectivity index (χ1n) is 8.98. The summed E-state index contributed by atoms with van der Waals surface area (Å²) >= 11 is 0. The molecule has 2 aromatic rings. The highest BCUT2D eigenvalue weighted by atomic mass is 16.5. The van der Waals surface area contributed by atoms with E-state index in [0.29, 0.717) is 5.92 Å². The van der Waals surface area contributed by atoms with E-state index in [1.165, 1.54) is 5.56 Å². The molecule has 0 aliphatic carbocycles. The third-order valence-electron chi connectivity index (χ3n) is 3.94. The molecule has 0 aliphatic rings. The van der Waals surface area contributed by atoms with E-state index in [0.717, 1.165) is 49.8 Å². The van der Waals surface area contributed by atoms with Crippen LogP contribution in [0.3, 0.4) is 0 Å². The molecule has 0 fully saturated rings. The van der Waals surface area contributed by atoms with Gasteiger partial charge in [0.25, 0.3) is 0 Å². The Morgan fingerprint density at radius 3 is 2.20 bits per heavy atom. The zero-order valence-corrected chi connectivity index (χ0v) is 15.5. The summed E-state index contributed by atoms with van der Waals surface area (Å²) in [4.78, 5) is 0. The molecular formula is C21H30N2O2. The van der Waals surface area contributed by atoms with E-state index in [1.807, 2.05) is 24.3 Å². The summed E-state index contributed by atoms with van der Waals surface area (Å²) in [5.74, 6) is 2.50. The van der Waals surface area contributed by atoms with E-state index in [9.17, 15) is 0 Å². The number of hydrogen-bond donors (Lipinski definition) is 2. The van der Waals surface area contributed by atoms with Crippen LogP contribution in [0.5, 0.6) is 11.5 Å². The van der Waals surface area contributed by atoms with Crippen LogP contribution in [0.25, 0.3) is 0 Å². The van der Waals surface area contributed by atoms with Gasteiger partial charge in [-0.1, -0.05) is 26.0 Å². The van der Waals surface area contributed by atoms with Crippen molar-refractivity contribution in [1.82, 2.24) is 5.32 Å². The van der Waals surface area contributed by atoms with Crippen molar-refractivity contribution in [3.63, 3.8) is 0 Å². The van der Waals surface area contributed by atoms with E-state index >= 15 is 0 Å². The summed E-state index contributed by atoms with van der Waals surface area (Å²) in [5.41, 5.74) is 2.37. The van der Waals surface area contributed by atoms with Gasteiger partial charge in [-0.05, 0) is 54.3 Å². The Morgan fingerprint density at radius 1 is 0.880 bits per heavy atom. The Bertz CT molecular complexity index is 594. The highest BCUT2D eigenvalue weighted by molar-refractivity contribution is 5.46. The summed E-state index contributed by atoms with van der Waals surface area (Å²) in [6.07, 6.45) is 1.08. The summed E-state index contributed by atoms with van der Waals surface area (Å²) in [5, 5.41) is 6.84. The lowest BCUT2D eigenvalue weighted by atomic mass is 10.1. The van der Waals surface area contributed by atoms with Crippen LogP contribution >= 0.6 is 0 Å². The molecule has 2 aromatic carbocycles. The molecule has 0 heterocycles. The predicted molar refractivity (Wildman–Crippen MR) is 105 cm³/mol. The SMILES string of the molecule is COc1ccc(CNCCNc2ccc(OCCC(C)C)cc2)cc1. The van der Waals surface area contributed by atoms with Crippen molar-refractivity contribution in [2.24, 2.45) is 5.92 Å². The summed E-state index contributed by atoms with van der Waals surface area (Å²) < 4.78 is 10.9. The van der Waals surface area contributed by atoms with Crippen molar-refractivity contribution in [2.75, 3.05) is 32.1 Å². The van der Waals surface area contributed by atoms with Crippen LogP contribution in [0.1, 0.15) is 25.8 Å². The molecule has 0 saturated heterocycles. The molecule has 2 rings (SSSR count). The zero-order valence-electron chi connectivity index (χ0n) is 15.5. The van der Waals surface area contributed by atoms with E-state index in [-0.39, 0.29) is 0 Å². The second kappa shape index (κ2) is 10.6.